The van der Waals surface area contributed by atoms with Gasteiger partial charge in [0.1, 0.15) is 0 Å². The van der Waals surface area contributed by atoms with Crippen LogP contribution in [0.5, 0.6) is 0 Å². The Morgan fingerprint density at radius 2 is 1.89 bits per heavy atom. The number of nitrogens with zero attached hydrogens (tertiary/aromatic N) is 1. The highest BCUT2D eigenvalue weighted by molar-refractivity contribution is 9.10. The number of ether oxygens (including phenoxy) is 1. The number of hydrogen-bond donors (Lipinski definition) is 1. The normalized spacial score (nSPS) is 11.0. The van der Waals surface area contributed by atoms with Gasteiger partial charge in [0.25, 0.3) is 11.6 Å². The van der Waals surface area contributed by atoms with Crippen LogP contribution in [-0.2, 0) is 15.7 Å². The van der Waals surface area contributed by atoms with E-state index >= 15 is 0 Å². The molecule has 2 aromatic rings. The molecular weight excluding hydrogens is 473 g/mol. The Labute approximate surface area is 168 Å². The largest absolute Gasteiger partial charge is 0.452 e. The maximum Gasteiger partial charge on any atom is 0.418 e. The lowest BCUT2D eigenvalue weighted by Gasteiger charge is -2.13. The lowest BCUT2D eigenvalue weighted by atomic mass is 10.1. The Kier molecular flexibility index (Phi) is 6.62. The molecule has 0 spiro atoms. The number of carbonyl (C=O) groups excluding carboxylic acids is 2. The fraction of sp³-hybridized carbons (Fsp3) is 0.125. The number of hydrogen-bond acceptors (Lipinski definition) is 5. The smallest absolute Gasteiger partial charge is 0.418 e. The zero-order valence-electron chi connectivity index (χ0n) is 13.5. The molecule has 0 atom stereocenters. The Bertz CT molecular complexity index is 952. The van der Waals surface area contributed by atoms with Gasteiger partial charge in [0, 0.05) is 16.6 Å². The van der Waals surface area contributed by atoms with Crippen LogP contribution in [-0.4, -0.2) is 23.4 Å². The van der Waals surface area contributed by atoms with Crippen LogP contribution in [0.3, 0.4) is 0 Å². The predicted molar refractivity (Wildman–Crippen MR) is 96.2 cm³/mol. The maximum atomic E-state index is 13.1. The van der Waals surface area contributed by atoms with E-state index in [-0.39, 0.29) is 10.6 Å². The first kappa shape index (κ1) is 21.6. The number of nitro benzene ring substituents is 1. The molecule has 0 unspecified atom stereocenters. The Balaban J connectivity index is 2.12. The molecule has 148 valence electrons. The van der Waals surface area contributed by atoms with Gasteiger partial charge in [-0.3, -0.25) is 14.9 Å². The zero-order valence-corrected chi connectivity index (χ0v) is 15.9. The number of benzene rings is 2. The maximum absolute atomic E-state index is 13.1. The first-order chi connectivity index (χ1) is 13.0. The summed E-state index contributed by atoms with van der Waals surface area (Å²) in [5, 5.41) is 12.6. The standard InChI is InChI=1S/C16H9BrClF3N2O5/c17-8-1-3-12(18)10(5-8)15(25)28-7-14(24)22-13-4-2-9(23(26)27)6-11(13)16(19,20)21/h1-6H,7H2,(H,22,24). The molecule has 0 bridgehead atoms. The number of rotatable bonds is 5. The van der Waals surface area contributed by atoms with Crippen molar-refractivity contribution in [3.8, 4) is 0 Å². The molecule has 7 nitrogen and oxygen atoms in total. The molecule has 0 saturated heterocycles. The van der Waals surface area contributed by atoms with Crippen molar-refractivity contribution in [3.05, 3.63) is 67.1 Å². The monoisotopic (exact) mass is 480 g/mol. The molecular formula is C16H9BrClF3N2O5. The van der Waals surface area contributed by atoms with Gasteiger partial charge in [-0.1, -0.05) is 27.5 Å². The fourth-order valence-corrected chi connectivity index (χ4v) is 2.59. The molecule has 0 aliphatic rings. The highest BCUT2D eigenvalue weighted by Crippen LogP contribution is 2.37. The van der Waals surface area contributed by atoms with Crippen molar-refractivity contribution >= 4 is 50.8 Å². The average molecular weight is 482 g/mol. The van der Waals surface area contributed by atoms with Gasteiger partial charge in [0.05, 0.1) is 26.8 Å². The molecule has 0 fully saturated rings. The Morgan fingerprint density at radius 1 is 1.21 bits per heavy atom. The number of esters is 1. The molecule has 0 aliphatic carbocycles. The van der Waals surface area contributed by atoms with Crippen LogP contribution in [0, 0.1) is 10.1 Å². The van der Waals surface area contributed by atoms with Crippen molar-refractivity contribution < 1.29 is 32.4 Å². The first-order valence-electron chi connectivity index (χ1n) is 7.26. The molecule has 0 radical (unpaired) electrons. The summed E-state index contributed by atoms with van der Waals surface area (Å²) in [5.74, 6) is -2.03. The minimum Gasteiger partial charge on any atom is -0.452 e. The number of amides is 1. The molecule has 1 amide bonds. The number of nitrogens with one attached hydrogen (secondary N) is 1. The highest BCUT2D eigenvalue weighted by Gasteiger charge is 2.35. The number of halogens is 5. The summed E-state index contributed by atoms with van der Waals surface area (Å²) in [5.41, 5.74) is -2.95. The fourth-order valence-electron chi connectivity index (χ4n) is 2.04. The summed E-state index contributed by atoms with van der Waals surface area (Å²) in [6.45, 7) is -0.893. The topological polar surface area (TPSA) is 98.5 Å². The Hall–Kier alpha value is -2.66. The van der Waals surface area contributed by atoms with E-state index in [1.54, 1.807) is 6.07 Å². The van der Waals surface area contributed by atoms with Gasteiger partial charge in [0.2, 0.25) is 0 Å². The lowest BCUT2D eigenvalue weighted by molar-refractivity contribution is -0.385. The van der Waals surface area contributed by atoms with E-state index in [1.807, 2.05) is 5.32 Å². The second-order valence-corrected chi connectivity index (χ2v) is 6.56. The van der Waals surface area contributed by atoms with Crippen LogP contribution in [0.25, 0.3) is 0 Å². The first-order valence-corrected chi connectivity index (χ1v) is 8.44. The number of anilines is 1. The van der Waals surface area contributed by atoms with Crippen molar-refractivity contribution in [2.75, 3.05) is 11.9 Å². The molecule has 2 rings (SSSR count). The predicted octanol–water partition coefficient (Wildman–Crippen LogP) is 4.83. The summed E-state index contributed by atoms with van der Waals surface area (Å²) in [7, 11) is 0. The third-order valence-corrected chi connectivity index (χ3v) is 4.10. The molecule has 12 heteroatoms. The van der Waals surface area contributed by atoms with Gasteiger partial charge < -0.3 is 10.1 Å². The van der Waals surface area contributed by atoms with Crippen molar-refractivity contribution in [3.63, 3.8) is 0 Å². The van der Waals surface area contributed by atoms with E-state index in [2.05, 4.69) is 15.9 Å². The van der Waals surface area contributed by atoms with Gasteiger partial charge in [0.15, 0.2) is 6.61 Å². The van der Waals surface area contributed by atoms with Crippen LogP contribution in [0.15, 0.2) is 40.9 Å². The molecule has 0 saturated carbocycles. The molecule has 0 aliphatic heterocycles. The van der Waals surface area contributed by atoms with Crippen molar-refractivity contribution in [2.24, 2.45) is 0 Å². The number of carbonyl (C=O) groups is 2. The quantitative estimate of drug-likeness (QED) is 0.375. The van der Waals surface area contributed by atoms with Gasteiger partial charge in [-0.25, -0.2) is 4.79 Å². The summed E-state index contributed by atoms with van der Waals surface area (Å²) in [6, 6.07) is 6.17. The Morgan fingerprint density at radius 3 is 2.50 bits per heavy atom. The number of non-ortho nitro benzene ring substituents is 1. The van der Waals surface area contributed by atoms with Crippen LogP contribution >= 0.6 is 27.5 Å². The van der Waals surface area contributed by atoms with E-state index < -0.39 is 46.5 Å². The molecule has 28 heavy (non-hydrogen) atoms. The van der Waals surface area contributed by atoms with E-state index in [1.165, 1.54) is 12.1 Å². The van der Waals surface area contributed by atoms with Crippen LogP contribution in [0.1, 0.15) is 15.9 Å². The number of alkyl halides is 3. The van der Waals surface area contributed by atoms with E-state index in [0.29, 0.717) is 10.5 Å². The average Bonchev–Trinajstić information content (AvgIpc) is 2.61. The van der Waals surface area contributed by atoms with Gasteiger partial charge in [-0.15, -0.1) is 0 Å². The molecule has 0 heterocycles. The summed E-state index contributed by atoms with van der Waals surface area (Å²) >= 11 is 8.98. The highest BCUT2D eigenvalue weighted by atomic mass is 79.9. The third kappa shape index (κ3) is 5.42. The van der Waals surface area contributed by atoms with E-state index in [0.717, 1.165) is 12.1 Å². The zero-order chi connectivity index (χ0) is 21.1. The van der Waals surface area contributed by atoms with Crippen LogP contribution < -0.4 is 5.32 Å². The van der Waals surface area contributed by atoms with Gasteiger partial charge in [-0.05, 0) is 24.3 Å². The second kappa shape index (κ2) is 8.57. The van der Waals surface area contributed by atoms with Crippen molar-refractivity contribution in [1.29, 1.82) is 0 Å². The van der Waals surface area contributed by atoms with Gasteiger partial charge in [-0.2, -0.15) is 13.2 Å². The SMILES string of the molecule is O=C(COC(=O)c1cc(Br)ccc1Cl)Nc1ccc([N+](=O)[O-])cc1C(F)(F)F. The summed E-state index contributed by atoms with van der Waals surface area (Å²) < 4.78 is 44.5. The van der Waals surface area contributed by atoms with Crippen LogP contribution in [0.2, 0.25) is 5.02 Å². The minimum atomic E-state index is -4.95. The van der Waals surface area contributed by atoms with Crippen molar-refractivity contribution in [2.45, 2.75) is 6.18 Å². The van der Waals surface area contributed by atoms with Crippen molar-refractivity contribution in [1.82, 2.24) is 0 Å². The summed E-state index contributed by atoms with van der Waals surface area (Å²) in [4.78, 5) is 33.5. The van der Waals surface area contributed by atoms with Crippen LogP contribution in [0.4, 0.5) is 24.5 Å². The minimum absolute atomic E-state index is 0.0461. The second-order valence-electron chi connectivity index (χ2n) is 5.23. The summed E-state index contributed by atoms with van der Waals surface area (Å²) in [6.07, 6.45) is -4.95. The molecule has 2 aromatic carbocycles. The van der Waals surface area contributed by atoms with Gasteiger partial charge >= 0.3 is 12.1 Å². The van der Waals surface area contributed by atoms with E-state index in [4.69, 9.17) is 16.3 Å². The lowest BCUT2D eigenvalue weighted by Crippen LogP contribution is -2.23. The molecule has 1 N–H and O–H groups in total. The van der Waals surface area contributed by atoms with E-state index in [9.17, 15) is 32.9 Å². The number of nitro groups is 1. The molecule has 0 aromatic heterocycles. The third-order valence-electron chi connectivity index (χ3n) is 3.28.